The summed E-state index contributed by atoms with van der Waals surface area (Å²) in [6, 6.07) is 0. The number of ketones is 6. The fourth-order valence-electron chi connectivity index (χ4n) is 6.93. The van der Waals surface area contributed by atoms with E-state index in [0.29, 0.717) is 12.8 Å². The molecule has 0 aliphatic heterocycles. The number of carbonyl (C=O) groups is 6. The number of hydrogen-bond acceptors (Lipinski definition) is 6. The average molecular weight is 386 g/mol. The molecule has 0 N–H and O–H groups in total. The summed E-state index contributed by atoms with van der Waals surface area (Å²) in [6.07, 6.45) is 5.30. The predicted octanol–water partition coefficient (Wildman–Crippen LogP) is 2.08. The zero-order valence-electron chi connectivity index (χ0n) is 16.7. The Morgan fingerprint density at radius 2 is 0.893 bits per heavy atom. The van der Waals surface area contributed by atoms with E-state index in [2.05, 4.69) is 0 Å². The predicted molar refractivity (Wildman–Crippen MR) is 99.2 cm³/mol. The molecule has 6 nitrogen and oxygen atoms in total. The Labute approximate surface area is 164 Å². The average Bonchev–Trinajstić information content (AvgIpc) is 2.85. The zero-order chi connectivity index (χ0) is 21.0. The number of allylic oxidation sites excluding steroid dienone is 2. The lowest BCUT2D eigenvalue weighted by Crippen LogP contribution is -2.51. The first-order valence-corrected chi connectivity index (χ1v) is 9.80. The van der Waals surface area contributed by atoms with E-state index < -0.39 is 69.2 Å². The van der Waals surface area contributed by atoms with Crippen molar-refractivity contribution in [2.75, 3.05) is 0 Å². The molecule has 0 heterocycles. The fraction of sp³-hybridized carbons (Fsp3) is 0.636. The van der Waals surface area contributed by atoms with Gasteiger partial charge in [-0.05, 0) is 53.4 Å². The lowest BCUT2D eigenvalue weighted by atomic mass is 9.51. The van der Waals surface area contributed by atoms with E-state index in [4.69, 9.17) is 0 Å². The number of hydrogen-bond donors (Lipinski definition) is 0. The minimum atomic E-state index is -1.31. The molecule has 2 fully saturated rings. The van der Waals surface area contributed by atoms with E-state index in [0.717, 1.165) is 0 Å². The highest BCUT2D eigenvalue weighted by atomic mass is 16.2. The van der Waals surface area contributed by atoms with Gasteiger partial charge in [-0.25, -0.2) is 0 Å². The van der Waals surface area contributed by atoms with Crippen LogP contribution in [0.25, 0.3) is 0 Å². The molecule has 0 spiro atoms. The maximum absolute atomic E-state index is 13.4. The van der Waals surface area contributed by atoms with Gasteiger partial charge in [-0.3, -0.25) is 28.8 Å². The lowest BCUT2D eigenvalue weighted by molar-refractivity contribution is -0.143. The van der Waals surface area contributed by atoms with Crippen molar-refractivity contribution in [1.82, 2.24) is 0 Å². The van der Waals surface area contributed by atoms with Gasteiger partial charge in [-0.1, -0.05) is 12.2 Å². The molecule has 28 heavy (non-hydrogen) atoms. The van der Waals surface area contributed by atoms with Crippen LogP contribution in [0.4, 0.5) is 0 Å². The molecule has 0 aromatic heterocycles. The van der Waals surface area contributed by atoms with E-state index in [1.807, 2.05) is 12.2 Å². The summed E-state index contributed by atoms with van der Waals surface area (Å²) in [6.45, 7) is 5.12. The molecule has 6 heteroatoms. The molecule has 3 rings (SSSR count). The normalized spacial score (nSPS) is 39.7. The molecule has 150 valence electrons. The van der Waals surface area contributed by atoms with Gasteiger partial charge >= 0.3 is 0 Å². The van der Waals surface area contributed by atoms with Gasteiger partial charge in [0.15, 0.2) is 11.6 Å². The van der Waals surface area contributed by atoms with Crippen molar-refractivity contribution in [2.24, 2.45) is 34.5 Å². The minimum absolute atomic E-state index is 0.253. The molecule has 0 radical (unpaired) electrons. The Kier molecular flexibility index (Phi) is 4.89. The van der Waals surface area contributed by atoms with Crippen LogP contribution in [0.2, 0.25) is 0 Å². The Balaban J connectivity index is 2.49. The van der Waals surface area contributed by atoms with Gasteiger partial charge in [0.05, 0.1) is 23.7 Å². The summed E-state index contributed by atoms with van der Waals surface area (Å²) in [4.78, 5) is 77.7. The van der Waals surface area contributed by atoms with Crippen LogP contribution in [0.15, 0.2) is 12.2 Å². The molecule has 3 aliphatic carbocycles. The van der Waals surface area contributed by atoms with Crippen molar-refractivity contribution in [3.05, 3.63) is 12.2 Å². The quantitative estimate of drug-likeness (QED) is 0.541. The van der Waals surface area contributed by atoms with E-state index in [1.54, 1.807) is 0 Å². The standard InChI is InChI=1S/C22H26O6/c1-11(23)15-19(27)16(12(2)24)22-10-8-6-5-7-9-21(15,22)17(13(3)25)20(28)18(22)14(4)26/h5-6,15-18H,7-10H2,1-4H3/t15-,16-,17-,18+,21?,22?/m0/s1. The van der Waals surface area contributed by atoms with Crippen LogP contribution in [0, 0.1) is 34.5 Å². The van der Waals surface area contributed by atoms with Crippen molar-refractivity contribution < 1.29 is 28.8 Å². The first-order chi connectivity index (χ1) is 13.1. The first-order valence-electron chi connectivity index (χ1n) is 9.80. The Morgan fingerprint density at radius 1 is 0.643 bits per heavy atom. The summed E-state index contributed by atoms with van der Waals surface area (Å²) >= 11 is 0. The second-order valence-electron chi connectivity index (χ2n) is 8.61. The highest BCUT2D eigenvalue weighted by Crippen LogP contribution is 2.74. The molecule has 6 atom stereocenters. The molecular formula is C22H26O6. The van der Waals surface area contributed by atoms with Gasteiger partial charge in [0.1, 0.15) is 23.1 Å². The Bertz CT molecular complexity index is 716. The minimum Gasteiger partial charge on any atom is -0.299 e. The summed E-state index contributed by atoms with van der Waals surface area (Å²) < 4.78 is 0. The number of rotatable bonds is 4. The lowest BCUT2D eigenvalue weighted by Gasteiger charge is -2.48. The second-order valence-corrected chi connectivity index (χ2v) is 8.61. The van der Waals surface area contributed by atoms with Crippen molar-refractivity contribution in [3.8, 4) is 0 Å². The highest BCUT2D eigenvalue weighted by Gasteiger charge is 2.82. The topological polar surface area (TPSA) is 102 Å². The van der Waals surface area contributed by atoms with Crippen LogP contribution < -0.4 is 0 Å². The molecular weight excluding hydrogens is 360 g/mol. The van der Waals surface area contributed by atoms with Crippen LogP contribution in [0.3, 0.4) is 0 Å². The molecule has 0 amide bonds. The molecule has 2 unspecified atom stereocenters. The van der Waals surface area contributed by atoms with E-state index in [-0.39, 0.29) is 12.8 Å². The van der Waals surface area contributed by atoms with Crippen LogP contribution in [-0.2, 0) is 28.8 Å². The van der Waals surface area contributed by atoms with Gasteiger partial charge in [0.25, 0.3) is 0 Å². The van der Waals surface area contributed by atoms with Crippen LogP contribution in [0.1, 0.15) is 53.4 Å². The Hall–Kier alpha value is -2.24. The van der Waals surface area contributed by atoms with Crippen LogP contribution >= 0.6 is 0 Å². The van der Waals surface area contributed by atoms with Crippen molar-refractivity contribution in [3.63, 3.8) is 0 Å². The summed E-state index contributed by atoms with van der Waals surface area (Å²) in [5.74, 6) is -7.65. The van der Waals surface area contributed by atoms with E-state index in [9.17, 15) is 28.8 Å². The van der Waals surface area contributed by atoms with Crippen molar-refractivity contribution in [1.29, 1.82) is 0 Å². The first kappa shape index (κ1) is 20.5. The fourth-order valence-corrected chi connectivity index (χ4v) is 6.93. The SMILES string of the molecule is CC(=O)[C@@H]1C(=O)[C@H](C(C)=O)C23CCC=CCCC12[C@@H](C(C)=O)C(=O)[C@@H]3C(C)=O. The maximum Gasteiger partial charge on any atom is 0.154 e. The highest BCUT2D eigenvalue weighted by molar-refractivity contribution is 6.22. The third kappa shape index (κ3) is 2.26. The van der Waals surface area contributed by atoms with Gasteiger partial charge in [0.2, 0.25) is 0 Å². The molecule has 0 aromatic rings. The van der Waals surface area contributed by atoms with Crippen molar-refractivity contribution in [2.45, 2.75) is 53.4 Å². The molecule has 2 saturated carbocycles. The third-order valence-electron chi connectivity index (χ3n) is 7.31. The number of carbonyl (C=O) groups excluding carboxylic acids is 6. The van der Waals surface area contributed by atoms with E-state index in [1.165, 1.54) is 27.7 Å². The van der Waals surface area contributed by atoms with Gasteiger partial charge in [0, 0.05) is 10.8 Å². The molecule has 3 aliphatic rings. The van der Waals surface area contributed by atoms with Crippen LogP contribution in [-0.4, -0.2) is 34.7 Å². The number of Topliss-reactive ketones (excluding diaryl/α,β-unsaturated/α-hetero) is 6. The second kappa shape index (κ2) is 6.68. The molecule has 0 saturated heterocycles. The van der Waals surface area contributed by atoms with E-state index >= 15 is 0 Å². The Morgan fingerprint density at radius 3 is 1.11 bits per heavy atom. The van der Waals surface area contributed by atoms with Gasteiger partial charge < -0.3 is 0 Å². The summed E-state index contributed by atoms with van der Waals surface area (Å²) in [5, 5.41) is 0. The smallest absolute Gasteiger partial charge is 0.154 e. The summed E-state index contributed by atoms with van der Waals surface area (Å²) in [5.41, 5.74) is -2.62. The maximum atomic E-state index is 13.4. The van der Waals surface area contributed by atoms with Gasteiger partial charge in [-0.15, -0.1) is 0 Å². The largest absolute Gasteiger partial charge is 0.299 e. The van der Waals surface area contributed by atoms with Gasteiger partial charge in [-0.2, -0.15) is 0 Å². The molecule has 0 bridgehead atoms. The third-order valence-corrected chi connectivity index (χ3v) is 7.31. The molecule has 0 aromatic carbocycles. The summed E-state index contributed by atoms with van der Waals surface area (Å²) in [7, 11) is 0. The monoisotopic (exact) mass is 386 g/mol. The van der Waals surface area contributed by atoms with Crippen LogP contribution in [0.5, 0.6) is 0 Å². The van der Waals surface area contributed by atoms with Crippen molar-refractivity contribution >= 4 is 34.7 Å². The zero-order valence-corrected chi connectivity index (χ0v) is 16.7.